The average Bonchev–Trinajstić information content (AvgIpc) is 1.35. The molecule has 2 nitrogen and oxygen atoms in total. The number of nitrogens with one attached hydrogen (secondary N) is 1. The third-order valence-corrected chi connectivity index (χ3v) is 0.526. The van der Waals surface area contributed by atoms with Crippen LogP contribution in [-0.4, -0.2) is 6.54 Å². The predicted octanol–water partition coefficient (Wildman–Crippen LogP) is 0.106. The Morgan fingerprint density at radius 3 is 2.17 bits per heavy atom. The molecule has 6 heavy (non-hydrogen) atoms. The molecule has 0 aromatic carbocycles. The Morgan fingerprint density at radius 1 is 1.67 bits per heavy atom. The van der Waals surface area contributed by atoms with Gasteiger partial charge < -0.3 is 0 Å². The highest BCUT2D eigenvalue weighted by Gasteiger charge is 1.84. The number of rotatable bonds is 2. The van der Waals surface area contributed by atoms with Gasteiger partial charge in [0.05, 0.1) is 0 Å². The number of hydrogen-bond donors (Lipinski definition) is 2. The molecular weight excluding hydrogens is 76.1 g/mol. The summed E-state index contributed by atoms with van der Waals surface area (Å²) in [7, 11) is 0. The van der Waals surface area contributed by atoms with E-state index in [1.54, 1.807) is 0 Å². The summed E-state index contributed by atoms with van der Waals surface area (Å²) >= 11 is 0. The van der Waals surface area contributed by atoms with Gasteiger partial charge in [0.15, 0.2) is 0 Å². The molecule has 0 rings (SSSR count). The largest absolute Gasteiger partial charge is 0.271 e. The van der Waals surface area contributed by atoms with Crippen molar-refractivity contribution in [3.05, 3.63) is 0 Å². The van der Waals surface area contributed by atoms with E-state index in [1.807, 2.05) is 0 Å². The zero-order valence-electron chi connectivity index (χ0n) is 4.36. The fourth-order valence-electron chi connectivity index (χ4n) is 0.236. The van der Waals surface area contributed by atoms with E-state index in [1.165, 1.54) is 0 Å². The second-order valence-corrected chi connectivity index (χ2v) is 1.80. The molecule has 0 atom stereocenters. The van der Waals surface area contributed by atoms with Gasteiger partial charge in [-0.05, 0) is 5.92 Å². The zero-order chi connectivity index (χ0) is 4.99. The molecule has 0 saturated heterocycles. The molecule has 0 fully saturated rings. The molecule has 0 saturated carbocycles. The van der Waals surface area contributed by atoms with E-state index in [0.29, 0.717) is 5.92 Å². The van der Waals surface area contributed by atoms with Crippen molar-refractivity contribution in [2.24, 2.45) is 11.8 Å². The van der Waals surface area contributed by atoms with Crippen LogP contribution in [0.2, 0.25) is 0 Å². The first kappa shape index (κ1) is 5.92. The van der Waals surface area contributed by atoms with Gasteiger partial charge in [-0.25, -0.2) is 0 Å². The monoisotopic (exact) mass is 88.1 g/mol. The molecule has 2 heteroatoms. The fourth-order valence-corrected chi connectivity index (χ4v) is 0.236. The maximum absolute atomic E-state index is 4.98. The quantitative estimate of drug-likeness (QED) is 0.371. The minimum Gasteiger partial charge on any atom is -0.271 e. The van der Waals surface area contributed by atoms with E-state index in [0.717, 1.165) is 6.54 Å². The van der Waals surface area contributed by atoms with E-state index in [-0.39, 0.29) is 0 Å². The summed E-state index contributed by atoms with van der Waals surface area (Å²) in [5.74, 6) is 5.64. The minimum atomic E-state index is 0.662. The lowest BCUT2D eigenvalue weighted by Gasteiger charge is -1.98. The normalized spacial score (nSPS) is 10.0. The maximum Gasteiger partial charge on any atom is 0.0120 e. The van der Waals surface area contributed by atoms with Crippen LogP contribution in [0.3, 0.4) is 0 Å². The molecule has 38 valence electrons. The van der Waals surface area contributed by atoms with Crippen molar-refractivity contribution in [2.75, 3.05) is 6.54 Å². The van der Waals surface area contributed by atoms with Gasteiger partial charge >= 0.3 is 0 Å². The summed E-state index contributed by atoms with van der Waals surface area (Å²) < 4.78 is 0. The van der Waals surface area contributed by atoms with Crippen molar-refractivity contribution in [3.63, 3.8) is 0 Å². The third-order valence-electron chi connectivity index (χ3n) is 0.526. The molecule has 0 heterocycles. The van der Waals surface area contributed by atoms with E-state index in [4.69, 9.17) is 5.84 Å². The summed E-state index contributed by atoms with van der Waals surface area (Å²) in [5.41, 5.74) is 2.57. The molecule has 0 aliphatic heterocycles. The smallest absolute Gasteiger partial charge is 0.0120 e. The molecule has 3 N–H and O–H groups in total. The topological polar surface area (TPSA) is 38.0 Å². The van der Waals surface area contributed by atoms with Gasteiger partial charge in [0.25, 0.3) is 0 Å². The average molecular weight is 88.2 g/mol. The highest BCUT2D eigenvalue weighted by atomic mass is 15.2. The lowest BCUT2D eigenvalue weighted by Crippen LogP contribution is -2.26. The van der Waals surface area contributed by atoms with E-state index >= 15 is 0 Å². The molecule has 0 aromatic rings. The highest BCUT2D eigenvalue weighted by Crippen LogP contribution is 1.83. The van der Waals surface area contributed by atoms with Crippen LogP contribution in [0, 0.1) is 5.92 Å². The first-order valence-corrected chi connectivity index (χ1v) is 2.21. The minimum absolute atomic E-state index is 0.662. The lowest BCUT2D eigenvalue weighted by molar-refractivity contribution is 0.568. The van der Waals surface area contributed by atoms with Gasteiger partial charge in [-0.1, -0.05) is 13.8 Å². The molecule has 0 spiro atoms. The highest BCUT2D eigenvalue weighted by molar-refractivity contribution is 4.41. The van der Waals surface area contributed by atoms with E-state index in [9.17, 15) is 0 Å². The fraction of sp³-hybridized carbons (Fsp3) is 1.00. The SMILES string of the molecule is CC(C)CNN. The van der Waals surface area contributed by atoms with Gasteiger partial charge in [0.1, 0.15) is 0 Å². The van der Waals surface area contributed by atoms with E-state index in [2.05, 4.69) is 19.3 Å². The summed E-state index contributed by atoms with van der Waals surface area (Å²) in [5, 5.41) is 0. The standard InChI is InChI=1S/C4H12N2/c1-4(2)3-6-5/h4,6H,3,5H2,1-2H3. The van der Waals surface area contributed by atoms with Crippen molar-refractivity contribution in [3.8, 4) is 0 Å². The predicted molar refractivity (Wildman–Crippen MR) is 27.0 cm³/mol. The van der Waals surface area contributed by atoms with Gasteiger partial charge in [0.2, 0.25) is 0 Å². The summed E-state index contributed by atoms with van der Waals surface area (Å²) in [6, 6.07) is 0. The molecule has 0 unspecified atom stereocenters. The summed E-state index contributed by atoms with van der Waals surface area (Å²) in [6.07, 6.45) is 0. The Hall–Kier alpha value is -0.0800. The number of nitrogens with two attached hydrogens (primary N) is 1. The first-order chi connectivity index (χ1) is 2.77. The van der Waals surface area contributed by atoms with Crippen LogP contribution in [-0.2, 0) is 0 Å². The van der Waals surface area contributed by atoms with Gasteiger partial charge in [0, 0.05) is 6.54 Å². The van der Waals surface area contributed by atoms with Crippen LogP contribution >= 0.6 is 0 Å². The van der Waals surface area contributed by atoms with Crippen molar-refractivity contribution in [2.45, 2.75) is 13.8 Å². The van der Waals surface area contributed by atoms with Gasteiger partial charge in [-0.15, -0.1) is 0 Å². The van der Waals surface area contributed by atoms with Crippen LogP contribution < -0.4 is 11.3 Å². The summed E-state index contributed by atoms with van der Waals surface area (Å²) in [6.45, 7) is 5.12. The Kier molecular flexibility index (Phi) is 3.08. The number of hydrazine groups is 1. The van der Waals surface area contributed by atoms with Crippen molar-refractivity contribution in [1.29, 1.82) is 0 Å². The van der Waals surface area contributed by atoms with Crippen LogP contribution in [0.1, 0.15) is 13.8 Å². The molecule has 0 bridgehead atoms. The molecule has 0 aliphatic carbocycles. The Morgan fingerprint density at radius 2 is 2.17 bits per heavy atom. The first-order valence-electron chi connectivity index (χ1n) is 2.21. The lowest BCUT2D eigenvalue weighted by atomic mass is 10.2. The maximum atomic E-state index is 4.98. The Labute approximate surface area is 38.7 Å². The van der Waals surface area contributed by atoms with Crippen LogP contribution in [0.15, 0.2) is 0 Å². The Bertz CT molecular complexity index is 26.7. The zero-order valence-corrected chi connectivity index (χ0v) is 4.36. The molecule has 0 aliphatic rings. The van der Waals surface area contributed by atoms with Gasteiger partial charge in [-0.3, -0.25) is 11.3 Å². The van der Waals surface area contributed by atoms with Crippen LogP contribution in [0.25, 0.3) is 0 Å². The summed E-state index contributed by atoms with van der Waals surface area (Å²) in [4.78, 5) is 0. The van der Waals surface area contributed by atoms with Gasteiger partial charge in [-0.2, -0.15) is 0 Å². The number of hydrogen-bond acceptors (Lipinski definition) is 2. The van der Waals surface area contributed by atoms with Crippen molar-refractivity contribution < 1.29 is 0 Å². The van der Waals surface area contributed by atoms with Crippen molar-refractivity contribution in [1.82, 2.24) is 5.43 Å². The molecule has 0 amide bonds. The second kappa shape index (κ2) is 3.12. The Balaban J connectivity index is 2.63. The molecule has 0 aromatic heterocycles. The van der Waals surface area contributed by atoms with Crippen molar-refractivity contribution >= 4 is 0 Å². The molecule has 0 radical (unpaired) electrons. The molecular formula is C4H12N2. The second-order valence-electron chi connectivity index (χ2n) is 1.80. The third kappa shape index (κ3) is 3.92. The van der Waals surface area contributed by atoms with Crippen LogP contribution in [0.5, 0.6) is 0 Å². The van der Waals surface area contributed by atoms with E-state index < -0.39 is 0 Å². The van der Waals surface area contributed by atoms with Crippen LogP contribution in [0.4, 0.5) is 0 Å².